The van der Waals surface area contributed by atoms with E-state index in [4.69, 9.17) is 0 Å². The number of hydrogen-bond acceptors (Lipinski definition) is 5. The molecular formula is C16H22F12O5. The summed E-state index contributed by atoms with van der Waals surface area (Å²) in [6, 6.07) is 0. The van der Waals surface area contributed by atoms with Crippen molar-refractivity contribution in [3.8, 4) is 0 Å². The van der Waals surface area contributed by atoms with E-state index in [0.717, 1.165) is 0 Å². The third-order valence-electron chi connectivity index (χ3n) is 4.39. The second kappa shape index (κ2) is 12.1. The van der Waals surface area contributed by atoms with Crippen LogP contribution in [0.15, 0.2) is 0 Å². The zero-order valence-electron chi connectivity index (χ0n) is 17.2. The molecule has 0 aliphatic carbocycles. The van der Waals surface area contributed by atoms with Crippen LogP contribution < -0.4 is 0 Å². The molecule has 0 amide bonds. The van der Waals surface area contributed by atoms with E-state index < -0.39 is 88.4 Å². The molecule has 0 aromatic rings. The van der Waals surface area contributed by atoms with Crippen molar-refractivity contribution < 1.29 is 76.4 Å². The number of rotatable bonds is 14. The summed E-state index contributed by atoms with van der Waals surface area (Å²) in [7, 11) is 1.27. The first kappa shape index (κ1) is 32.0. The molecule has 0 radical (unpaired) electrons. The Morgan fingerprint density at radius 1 is 0.394 bits per heavy atom. The second-order valence-corrected chi connectivity index (χ2v) is 6.74. The molecule has 0 atom stereocenters. The van der Waals surface area contributed by atoms with Gasteiger partial charge in [-0.05, 0) is 0 Å². The van der Waals surface area contributed by atoms with Crippen molar-refractivity contribution in [2.24, 2.45) is 10.8 Å². The summed E-state index contributed by atoms with van der Waals surface area (Å²) in [5.41, 5.74) is -8.62. The SMILES string of the molecule is COCC(COCCOCCOCC(COC)(C(F)(F)F)C(F)(F)F)(C(F)(F)F)C(F)(F)F. The van der Waals surface area contributed by atoms with Crippen LogP contribution in [-0.2, 0) is 23.7 Å². The molecule has 0 unspecified atom stereocenters. The highest BCUT2D eigenvalue weighted by Gasteiger charge is 2.72. The van der Waals surface area contributed by atoms with E-state index in [1.807, 2.05) is 0 Å². The molecule has 0 aromatic heterocycles. The Morgan fingerprint density at radius 2 is 0.636 bits per heavy atom. The molecule has 33 heavy (non-hydrogen) atoms. The van der Waals surface area contributed by atoms with Gasteiger partial charge in [-0.25, -0.2) is 0 Å². The molecule has 17 heteroatoms. The first-order chi connectivity index (χ1) is 14.8. The zero-order chi connectivity index (χ0) is 26.2. The Morgan fingerprint density at radius 3 is 0.848 bits per heavy atom. The molecule has 0 fully saturated rings. The van der Waals surface area contributed by atoms with E-state index in [1.54, 1.807) is 0 Å². The number of ether oxygens (including phenoxy) is 5. The van der Waals surface area contributed by atoms with Gasteiger partial charge in [-0.15, -0.1) is 0 Å². The normalized spacial score (nSPS) is 14.7. The van der Waals surface area contributed by atoms with E-state index >= 15 is 0 Å². The molecule has 200 valence electrons. The average Bonchev–Trinajstić information content (AvgIpc) is 2.60. The molecule has 0 aliphatic rings. The van der Waals surface area contributed by atoms with Crippen LogP contribution in [-0.4, -0.2) is 91.8 Å². The van der Waals surface area contributed by atoms with Crippen molar-refractivity contribution in [3.05, 3.63) is 0 Å². The molecular weight excluding hydrogens is 500 g/mol. The summed E-state index contributed by atoms with van der Waals surface area (Å²) in [5, 5.41) is 0. The molecule has 0 aliphatic heterocycles. The minimum Gasteiger partial charge on any atom is -0.383 e. The highest BCUT2D eigenvalue weighted by atomic mass is 19.4. The Hall–Kier alpha value is -1.04. The lowest BCUT2D eigenvalue weighted by atomic mass is 9.88. The van der Waals surface area contributed by atoms with Crippen LogP contribution in [0, 0.1) is 10.8 Å². The molecule has 0 bridgehead atoms. The van der Waals surface area contributed by atoms with Crippen LogP contribution in [0.1, 0.15) is 0 Å². The van der Waals surface area contributed by atoms with Gasteiger partial charge in [-0.3, -0.25) is 0 Å². The number of methoxy groups -OCH3 is 2. The maximum absolute atomic E-state index is 13.0. The van der Waals surface area contributed by atoms with Gasteiger partial charge in [0.1, 0.15) is 0 Å². The van der Waals surface area contributed by atoms with Crippen LogP contribution in [0.5, 0.6) is 0 Å². The Kier molecular flexibility index (Phi) is 11.7. The van der Waals surface area contributed by atoms with Gasteiger partial charge in [0.05, 0.1) is 52.9 Å². The lowest BCUT2D eigenvalue weighted by Gasteiger charge is -2.36. The Balaban J connectivity index is 4.64. The van der Waals surface area contributed by atoms with E-state index in [-0.39, 0.29) is 0 Å². The summed E-state index contributed by atoms with van der Waals surface area (Å²) in [6.45, 7) is -10.1. The van der Waals surface area contributed by atoms with Crippen LogP contribution in [0.25, 0.3) is 0 Å². The molecule has 0 saturated carbocycles. The summed E-state index contributed by atoms with van der Waals surface area (Å²) >= 11 is 0. The van der Waals surface area contributed by atoms with Crippen molar-refractivity contribution >= 4 is 0 Å². The third kappa shape index (κ3) is 8.00. The quantitative estimate of drug-likeness (QED) is 0.248. The summed E-state index contributed by atoms with van der Waals surface area (Å²) in [6.07, 6.45) is -23.0. The fraction of sp³-hybridized carbons (Fsp3) is 1.00. The van der Waals surface area contributed by atoms with Crippen LogP contribution in [0.4, 0.5) is 52.7 Å². The highest BCUT2D eigenvalue weighted by Crippen LogP contribution is 2.51. The number of alkyl halides is 12. The monoisotopic (exact) mass is 522 g/mol. The third-order valence-corrected chi connectivity index (χ3v) is 4.39. The van der Waals surface area contributed by atoms with Gasteiger partial charge >= 0.3 is 24.7 Å². The smallest absolute Gasteiger partial charge is 0.383 e. The van der Waals surface area contributed by atoms with Crippen LogP contribution in [0.2, 0.25) is 0 Å². The van der Waals surface area contributed by atoms with Gasteiger partial charge < -0.3 is 23.7 Å². The number of halogens is 12. The van der Waals surface area contributed by atoms with Crippen molar-refractivity contribution in [1.82, 2.24) is 0 Å². The molecule has 0 spiro atoms. The van der Waals surface area contributed by atoms with Crippen molar-refractivity contribution in [1.29, 1.82) is 0 Å². The van der Waals surface area contributed by atoms with Crippen molar-refractivity contribution in [3.63, 3.8) is 0 Å². The first-order valence-corrected chi connectivity index (χ1v) is 8.81. The van der Waals surface area contributed by atoms with Crippen molar-refractivity contribution in [2.75, 3.05) is 67.1 Å². The predicted molar refractivity (Wildman–Crippen MR) is 85.3 cm³/mol. The molecule has 0 rings (SSSR count). The van der Waals surface area contributed by atoms with Crippen LogP contribution in [0.3, 0.4) is 0 Å². The molecule has 0 saturated heterocycles. The Bertz CT molecular complexity index is 480. The van der Waals surface area contributed by atoms with Gasteiger partial charge in [0.15, 0.2) is 0 Å². The van der Waals surface area contributed by atoms with E-state index in [1.165, 1.54) is 0 Å². The lowest BCUT2D eigenvalue weighted by Crippen LogP contribution is -2.56. The van der Waals surface area contributed by atoms with Gasteiger partial charge in [0.2, 0.25) is 10.8 Å². The van der Waals surface area contributed by atoms with Gasteiger partial charge in [-0.2, -0.15) is 52.7 Å². The zero-order valence-corrected chi connectivity index (χ0v) is 17.2. The van der Waals surface area contributed by atoms with Gasteiger partial charge in [-0.1, -0.05) is 0 Å². The second-order valence-electron chi connectivity index (χ2n) is 6.74. The topological polar surface area (TPSA) is 46.2 Å². The van der Waals surface area contributed by atoms with Gasteiger partial charge in [0.25, 0.3) is 0 Å². The highest BCUT2D eigenvalue weighted by molar-refractivity contribution is 4.94. The predicted octanol–water partition coefficient (Wildman–Crippen LogP) is 4.55. The van der Waals surface area contributed by atoms with E-state index in [2.05, 4.69) is 23.7 Å². The first-order valence-electron chi connectivity index (χ1n) is 8.81. The van der Waals surface area contributed by atoms with Crippen LogP contribution >= 0.6 is 0 Å². The van der Waals surface area contributed by atoms with E-state index in [9.17, 15) is 52.7 Å². The maximum atomic E-state index is 13.0. The van der Waals surface area contributed by atoms with Crippen molar-refractivity contribution in [2.45, 2.75) is 24.7 Å². The standard InChI is InChI=1S/C16H22F12O5/c1-29-7-11(13(17,18)19,14(20,21)22)9-32-5-3-31-4-6-33-10-12(8-30-2,15(23,24)25)16(26,27)28/h3-10H2,1-2H3. The fourth-order valence-corrected chi connectivity index (χ4v) is 2.38. The lowest BCUT2D eigenvalue weighted by molar-refractivity contribution is -0.362. The van der Waals surface area contributed by atoms with Gasteiger partial charge in [0, 0.05) is 14.2 Å². The molecule has 0 heterocycles. The summed E-state index contributed by atoms with van der Waals surface area (Å²) in [5.74, 6) is 0. The minimum atomic E-state index is -5.76. The summed E-state index contributed by atoms with van der Waals surface area (Å²) < 4.78 is 177. The summed E-state index contributed by atoms with van der Waals surface area (Å²) in [4.78, 5) is 0. The molecule has 0 N–H and O–H groups in total. The Labute approximate surface area is 180 Å². The van der Waals surface area contributed by atoms with E-state index in [0.29, 0.717) is 14.2 Å². The largest absolute Gasteiger partial charge is 0.407 e. The average molecular weight is 522 g/mol. The fourth-order valence-electron chi connectivity index (χ4n) is 2.38. The maximum Gasteiger partial charge on any atom is 0.407 e. The molecule has 0 aromatic carbocycles. The number of hydrogen-bond donors (Lipinski definition) is 0. The minimum absolute atomic E-state index is 0.621. The molecule has 5 nitrogen and oxygen atoms in total.